The first-order valence-electron chi connectivity index (χ1n) is 6.17. The lowest BCUT2D eigenvalue weighted by molar-refractivity contribution is 0.758. The monoisotopic (exact) mass is 235 g/mol. The Hall–Kier alpha value is -1.36. The fraction of sp³-hybridized carbons (Fsp3) is 0.667. The largest absolute Gasteiger partial charge is 0.367 e. The van der Waals surface area contributed by atoms with Gasteiger partial charge in [-0.2, -0.15) is 0 Å². The SMILES string of the molecule is CNCCN(C)c1cc(NC2CC2)nc(C)n1. The quantitative estimate of drug-likeness (QED) is 0.771. The zero-order valence-electron chi connectivity index (χ0n) is 10.8. The molecule has 1 saturated carbocycles. The second-order valence-electron chi connectivity index (χ2n) is 4.60. The molecule has 0 saturated heterocycles. The predicted octanol–water partition coefficient (Wildman–Crippen LogP) is 1.01. The molecule has 17 heavy (non-hydrogen) atoms. The van der Waals surface area contributed by atoms with Gasteiger partial charge in [0, 0.05) is 32.2 Å². The van der Waals surface area contributed by atoms with E-state index >= 15 is 0 Å². The van der Waals surface area contributed by atoms with E-state index in [4.69, 9.17) is 0 Å². The third-order valence-electron chi connectivity index (χ3n) is 2.84. The Balaban J connectivity index is 2.06. The Labute approximate surface area is 103 Å². The van der Waals surface area contributed by atoms with Gasteiger partial charge in [0.1, 0.15) is 17.5 Å². The minimum Gasteiger partial charge on any atom is -0.367 e. The van der Waals surface area contributed by atoms with E-state index in [9.17, 15) is 0 Å². The van der Waals surface area contributed by atoms with E-state index in [0.717, 1.165) is 30.5 Å². The maximum absolute atomic E-state index is 4.46. The maximum Gasteiger partial charge on any atom is 0.134 e. The number of likely N-dealkylation sites (N-methyl/N-ethyl adjacent to an activating group) is 2. The zero-order chi connectivity index (χ0) is 12.3. The number of anilines is 2. The van der Waals surface area contributed by atoms with Crippen molar-refractivity contribution in [2.45, 2.75) is 25.8 Å². The lowest BCUT2D eigenvalue weighted by Crippen LogP contribution is -2.28. The lowest BCUT2D eigenvalue weighted by Gasteiger charge is -2.19. The van der Waals surface area contributed by atoms with Crippen molar-refractivity contribution in [1.82, 2.24) is 15.3 Å². The molecule has 5 heteroatoms. The molecule has 94 valence electrons. The molecular formula is C12H21N5. The first-order valence-corrected chi connectivity index (χ1v) is 6.17. The van der Waals surface area contributed by atoms with Crippen molar-refractivity contribution < 1.29 is 0 Å². The van der Waals surface area contributed by atoms with Crippen LogP contribution in [0.1, 0.15) is 18.7 Å². The van der Waals surface area contributed by atoms with Gasteiger partial charge in [-0.25, -0.2) is 9.97 Å². The van der Waals surface area contributed by atoms with Crippen molar-refractivity contribution in [2.75, 3.05) is 37.4 Å². The molecule has 1 aliphatic carbocycles. The molecular weight excluding hydrogens is 214 g/mol. The van der Waals surface area contributed by atoms with Gasteiger partial charge in [0.05, 0.1) is 0 Å². The number of aryl methyl sites for hydroxylation is 1. The fourth-order valence-corrected chi connectivity index (χ4v) is 1.65. The normalized spacial score (nSPS) is 14.8. The molecule has 2 N–H and O–H groups in total. The molecule has 0 aromatic carbocycles. The van der Waals surface area contributed by atoms with Crippen molar-refractivity contribution >= 4 is 11.6 Å². The Morgan fingerprint density at radius 3 is 2.82 bits per heavy atom. The molecule has 0 aliphatic heterocycles. The highest BCUT2D eigenvalue weighted by molar-refractivity contribution is 5.49. The number of nitrogens with one attached hydrogen (secondary N) is 2. The van der Waals surface area contributed by atoms with Gasteiger partial charge in [-0.3, -0.25) is 0 Å². The summed E-state index contributed by atoms with van der Waals surface area (Å²) in [5, 5.41) is 6.55. The van der Waals surface area contributed by atoms with E-state index in [1.807, 2.05) is 20.0 Å². The minimum absolute atomic E-state index is 0.625. The van der Waals surface area contributed by atoms with Gasteiger partial charge in [0.25, 0.3) is 0 Å². The van der Waals surface area contributed by atoms with Crippen LogP contribution in [-0.2, 0) is 0 Å². The van der Waals surface area contributed by atoms with E-state index < -0.39 is 0 Å². The van der Waals surface area contributed by atoms with Crippen LogP contribution in [0.5, 0.6) is 0 Å². The molecule has 1 heterocycles. The molecule has 1 aromatic rings. The number of hydrogen-bond acceptors (Lipinski definition) is 5. The van der Waals surface area contributed by atoms with Crippen LogP contribution in [-0.4, -0.2) is 43.2 Å². The highest BCUT2D eigenvalue weighted by Gasteiger charge is 2.21. The van der Waals surface area contributed by atoms with Gasteiger partial charge in [0.2, 0.25) is 0 Å². The summed E-state index contributed by atoms with van der Waals surface area (Å²) < 4.78 is 0. The van der Waals surface area contributed by atoms with Gasteiger partial charge >= 0.3 is 0 Å². The van der Waals surface area contributed by atoms with Crippen LogP contribution in [0.3, 0.4) is 0 Å². The van der Waals surface area contributed by atoms with Crippen LogP contribution < -0.4 is 15.5 Å². The molecule has 0 radical (unpaired) electrons. The highest BCUT2D eigenvalue weighted by atomic mass is 15.2. The van der Waals surface area contributed by atoms with Crippen molar-refractivity contribution in [3.8, 4) is 0 Å². The molecule has 5 nitrogen and oxygen atoms in total. The smallest absolute Gasteiger partial charge is 0.134 e. The van der Waals surface area contributed by atoms with Crippen molar-refractivity contribution in [2.24, 2.45) is 0 Å². The maximum atomic E-state index is 4.46. The van der Waals surface area contributed by atoms with Crippen LogP contribution in [0.25, 0.3) is 0 Å². The molecule has 2 rings (SSSR count). The summed E-state index contributed by atoms with van der Waals surface area (Å²) in [6, 6.07) is 2.65. The summed E-state index contributed by atoms with van der Waals surface area (Å²) in [7, 11) is 4.01. The summed E-state index contributed by atoms with van der Waals surface area (Å²) in [6.45, 7) is 3.83. The van der Waals surface area contributed by atoms with E-state index in [1.54, 1.807) is 0 Å². The summed E-state index contributed by atoms with van der Waals surface area (Å²) in [5.41, 5.74) is 0. The average molecular weight is 235 g/mol. The summed E-state index contributed by atoms with van der Waals surface area (Å²) >= 11 is 0. The molecule has 1 aliphatic rings. The molecule has 1 fully saturated rings. The Bertz CT molecular complexity index is 375. The van der Waals surface area contributed by atoms with E-state index in [0.29, 0.717) is 6.04 Å². The Morgan fingerprint density at radius 1 is 1.41 bits per heavy atom. The van der Waals surface area contributed by atoms with Gasteiger partial charge < -0.3 is 15.5 Å². The van der Waals surface area contributed by atoms with E-state index in [-0.39, 0.29) is 0 Å². The third kappa shape index (κ3) is 3.56. The van der Waals surface area contributed by atoms with Crippen LogP contribution in [0.2, 0.25) is 0 Å². The van der Waals surface area contributed by atoms with Gasteiger partial charge in [0.15, 0.2) is 0 Å². The fourth-order valence-electron chi connectivity index (χ4n) is 1.65. The molecule has 0 amide bonds. The lowest BCUT2D eigenvalue weighted by atomic mass is 10.4. The molecule has 0 spiro atoms. The molecule has 0 unspecified atom stereocenters. The van der Waals surface area contributed by atoms with Crippen LogP contribution in [0.4, 0.5) is 11.6 Å². The van der Waals surface area contributed by atoms with E-state index in [2.05, 4.69) is 32.5 Å². The number of rotatable bonds is 6. The Kier molecular flexibility index (Phi) is 3.78. The molecule has 1 aromatic heterocycles. The van der Waals surface area contributed by atoms with Crippen molar-refractivity contribution in [3.63, 3.8) is 0 Å². The van der Waals surface area contributed by atoms with Crippen LogP contribution in [0, 0.1) is 6.92 Å². The number of aromatic nitrogens is 2. The first-order chi connectivity index (χ1) is 8.19. The standard InChI is InChI=1S/C12H21N5/c1-9-14-11(16-10-4-5-10)8-12(15-9)17(3)7-6-13-2/h8,10,13H,4-7H2,1-3H3,(H,14,15,16). The van der Waals surface area contributed by atoms with Crippen LogP contribution in [0.15, 0.2) is 6.07 Å². The molecule has 0 atom stereocenters. The predicted molar refractivity (Wildman–Crippen MR) is 70.6 cm³/mol. The topological polar surface area (TPSA) is 53.1 Å². The number of nitrogens with zero attached hydrogens (tertiary/aromatic N) is 3. The van der Waals surface area contributed by atoms with Gasteiger partial charge in [-0.1, -0.05) is 0 Å². The zero-order valence-corrected chi connectivity index (χ0v) is 10.8. The van der Waals surface area contributed by atoms with Crippen molar-refractivity contribution in [1.29, 1.82) is 0 Å². The Morgan fingerprint density at radius 2 is 2.18 bits per heavy atom. The van der Waals surface area contributed by atoms with E-state index in [1.165, 1.54) is 12.8 Å². The van der Waals surface area contributed by atoms with Gasteiger partial charge in [-0.05, 0) is 26.8 Å². The summed E-state index contributed by atoms with van der Waals surface area (Å²) in [5.74, 6) is 2.75. The second kappa shape index (κ2) is 5.31. The second-order valence-corrected chi connectivity index (χ2v) is 4.60. The summed E-state index contributed by atoms with van der Waals surface area (Å²) in [4.78, 5) is 11.0. The summed E-state index contributed by atoms with van der Waals surface area (Å²) in [6.07, 6.45) is 2.52. The van der Waals surface area contributed by atoms with Crippen LogP contribution >= 0.6 is 0 Å². The minimum atomic E-state index is 0.625. The first kappa shape index (κ1) is 12.1. The number of hydrogen-bond donors (Lipinski definition) is 2. The highest BCUT2D eigenvalue weighted by Crippen LogP contribution is 2.25. The van der Waals surface area contributed by atoms with Gasteiger partial charge in [-0.15, -0.1) is 0 Å². The van der Waals surface area contributed by atoms with Crippen molar-refractivity contribution in [3.05, 3.63) is 11.9 Å². The third-order valence-corrected chi connectivity index (χ3v) is 2.84. The molecule has 0 bridgehead atoms. The average Bonchev–Trinajstić information content (AvgIpc) is 3.09.